The van der Waals surface area contributed by atoms with Gasteiger partial charge in [0, 0.05) is 24.7 Å². The number of hydrogen-bond donors (Lipinski definition) is 0. The summed E-state index contributed by atoms with van der Waals surface area (Å²) in [5.41, 5.74) is 3.01. The maximum Gasteiger partial charge on any atom is 0.434 e. The van der Waals surface area contributed by atoms with Gasteiger partial charge in [-0.2, -0.15) is 18.2 Å². The zero-order chi connectivity index (χ0) is 28.7. The average Bonchev–Trinajstić information content (AvgIpc) is 3.62. The summed E-state index contributed by atoms with van der Waals surface area (Å²) >= 11 is 1.62. The second-order valence-electron chi connectivity index (χ2n) is 9.62. The standard InChI is InChI=1S/C27H25F3N8O2S/c1-37-10-18(27(28,29)30)34-23(37)17-6-4-15(5-7-17)11-40-26-21-24(38(13-33-21)14-41-3)35-22(36-26)19-20(16-8-9-16)31-12-32-25(19)39-2/h4-7,10,12-13,16H,8-9,11,14H2,1-3H3. The van der Waals surface area contributed by atoms with Crippen LogP contribution in [0.4, 0.5) is 13.2 Å². The highest BCUT2D eigenvalue weighted by Gasteiger charge is 2.35. The fourth-order valence-corrected chi connectivity index (χ4v) is 5.02. The molecule has 5 aromatic rings. The number of nitrogens with zero attached hydrogens (tertiary/aromatic N) is 8. The molecule has 0 radical (unpaired) electrons. The minimum Gasteiger partial charge on any atom is -0.480 e. The van der Waals surface area contributed by atoms with Crippen LogP contribution in [0.25, 0.3) is 33.9 Å². The fourth-order valence-electron chi connectivity index (χ4n) is 4.55. The van der Waals surface area contributed by atoms with Crippen molar-refractivity contribution in [1.29, 1.82) is 0 Å². The van der Waals surface area contributed by atoms with Crippen LogP contribution in [0.5, 0.6) is 11.8 Å². The number of aromatic nitrogens is 8. The van der Waals surface area contributed by atoms with Crippen LogP contribution in [0.2, 0.25) is 0 Å². The molecule has 1 aromatic carbocycles. The van der Waals surface area contributed by atoms with Crippen LogP contribution in [-0.4, -0.2) is 52.4 Å². The lowest BCUT2D eigenvalue weighted by Gasteiger charge is -2.13. The normalized spacial score (nSPS) is 13.6. The number of ether oxygens (including phenoxy) is 2. The van der Waals surface area contributed by atoms with Crippen LogP contribution < -0.4 is 9.47 Å². The Morgan fingerprint density at radius 2 is 1.80 bits per heavy atom. The highest BCUT2D eigenvalue weighted by atomic mass is 32.2. The van der Waals surface area contributed by atoms with E-state index in [2.05, 4.69) is 19.9 Å². The molecule has 10 nitrogen and oxygen atoms in total. The molecular formula is C27H25F3N8O2S. The van der Waals surface area contributed by atoms with E-state index < -0.39 is 11.9 Å². The van der Waals surface area contributed by atoms with Crippen molar-refractivity contribution in [3.8, 4) is 34.5 Å². The summed E-state index contributed by atoms with van der Waals surface area (Å²) in [6.07, 6.45) is 3.69. The number of fused-ring (bicyclic) bond motifs is 1. The topological polar surface area (TPSA) is 106 Å². The Labute approximate surface area is 237 Å². The molecule has 4 aromatic heterocycles. The minimum atomic E-state index is -4.51. The van der Waals surface area contributed by atoms with E-state index in [-0.39, 0.29) is 12.4 Å². The lowest BCUT2D eigenvalue weighted by atomic mass is 10.1. The summed E-state index contributed by atoms with van der Waals surface area (Å²) in [5.74, 6) is 2.22. The van der Waals surface area contributed by atoms with Gasteiger partial charge in [0.2, 0.25) is 11.8 Å². The quantitative estimate of drug-likeness (QED) is 0.223. The maximum absolute atomic E-state index is 13.1. The van der Waals surface area contributed by atoms with Crippen molar-refractivity contribution in [2.45, 2.75) is 37.4 Å². The maximum atomic E-state index is 13.1. The Kier molecular flexibility index (Phi) is 7.01. The number of methoxy groups -OCH3 is 1. The van der Waals surface area contributed by atoms with E-state index in [4.69, 9.17) is 19.4 Å². The van der Waals surface area contributed by atoms with Crippen LogP contribution in [0.15, 0.2) is 43.1 Å². The van der Waals surface area contributed by atoms with Crippen molar-refractivity contribution >= 4 is 22.9 Å². The SMILES string of the molecule is COc1ncnc(C2CC2)c1-c1nc(OCc2ccc(-c3nc(C(F)(F)F)cn3C)cc2)c2ncn(CSC)c2n1. The molecule has 4 heterocycles. The largest absolute Gasteiger partial charge is 0.480 e. The van der Waals surface area contributed by atoms with E-state index in [9.17, 15) is 13.2 Å². The molecule has 0 aliphatic heterocycles. The molecule has 1 fully saturated rings. The van der Waals surface area contributed by atoms with Crippen LogP contribution in [-0.2, 0) is 25.7 Å². The first-order chi connectivity index (χ1) is 19.8. The van der Waals surface area contributed by atoms with Gasteiger partial charge in [-0.25, -0.2) is 24.9 Å². The second kappa shape index (κ2) is 10.7. The summed E-state index contributed by atoms with van der Waals surface area (Å²) < 4.78 is 54.3. The number of benzene rings is 1. The van der Waals surface area contributed by atoms with Crippen molar-refractivity contribution in [3.63, 3.8) is 0 Å². The zero-order valence-corrected chi connectivity index (χ0v) is 23.2. The molecule has 1 saturated carbocycles. The molecule has 1 aliphatic carbocycles. The molecule has 41 heavy (non-hydrogen) atoms. The van der Waals surface area contributed by atoms with Gasteiger partial charge in [0.15, 0.2) is 22.7 Å². The predicted octanol–water partition coefficient (Wildman–Crippen LogP) is 5.49. The van der Waals surface area contributed by atoms with Crippen LogP contribution in [0, 0.1) is 0 Å². The Bertz CT molecular complexity index is 1710. The third-order valence-electron chi connectivity index (χ3n) is 6.68. The molecule has 0 bridgehead atoms. The molecule has 0 N–H and O–H groups in total. The van der Waals surface area contributed by atoms with Crippen molar-refractivity contribution in [2.75, 3.05) is 13.4 Å². The summed E-state index contributed by atoms with van der Waals surface area (Å²) in [7, 11) is 3.08. The zero-order valence-electron chi connectivity index (χ0n) is 22.4. The average molecular weight is 583 g/mol. The lowest BCUT2D eigenvalue weighted by Crippen LogP contribution is -2.06. The summed E-state index contributed by atoms with van der Waals surface area (Å²) in [6, 6.07) is 6.98. The fraction of sp³-hybridized carbons (Fsp3) is 0.333. The highest BCUT2D eigenvalue weighted by Crippen LogP contribution is 2.45. The van der Waals surface area contributed by atoms with Gasteiger partial charge in [0.1, 0.15) is 24.3 Å². The van der Waals surface area contributed by atoms with E-state index >= 15 is 0 Å². The van der Waals surface area contributed by atoms with Gasteiger partial charge < -0.3 is 18.6 Å². The molecule has 0 spiro atoms. The lowest BCUT2D eigenvalue weighted by molar-refractivity contribution is -0.140. The number of rotatable bonds is 9. The van der Waals surface area contributed by atoms with E-state index in [1.807, 2.05) is 10.8 Å². The Morgan fingerprint density at radius 1 is 1.02 bits per heavy atom. The van der Waals surface area contributed by atoms with Gasteiger partial charge in [0.25, 0.3) is 0 Å². The van der Waals surface area contributed by atoms with E-state index in [1.165, 1.54) is 17.9 Å². The molecule has 1 aliphatic rings. The van der Waals surface area contributed by atoms with E-state index in [0.29, 0.717) is 51.7 Å². The Balaban J connectivity index is 1.33. The first-order valence-electron chi connectivity index (χ1n) is 12.7. The molecule has 6 rings (SSSR count). The van der Waals surface area contributed by atoms with Crippen molar-refractivity contribution in [3.05, 3.63) is 60.1 Å². The smallest absolute Gasteiger partial charge is 0.434 e. The van der Waals surface area contributed by atoms with Gasteiger partial charge in [-0.1, -0.05) is 24.3 Å². The monoisotopic (exact) mass is 582 g/mol. The molecule has 14 heteroatoms. The molecule has 0 unspecified atom stereocenters. The van der Waals surface area contributed by atoms with Crippen LogP contribution >= 0.6 is 11.8 Å². The minimum absolute atomic E-state index is 0.146. The Morgan fingerprint density at radius 3 is 2.46 bits per heavy atom. The molecule has 0 amide bonds. The van der Waals surface area contributed by atoms with Gasteiger partial charge in [-0.3, -0.25) is 0 Å². The number of imidazole rings is 2. The van der Waals surface area contributed by atoms with Crippen molar-refractivity contribution in [1.82, 2.24) is 39.0 Å². The van der Waals surface area contributed by atoms with E-state index in [1.54, 1.807) is 49.5 Å². The summed E-state index contributed by atoms with van der Waals surface area (Å²) in [6.45, 7) is 0.146. The first-order valence-corrected chi connectivity index (χ1v) is 14.1. The van der Waals surface area contributed by atoms with Gasteiger partial charge in [0.05, 0.1) is 25.0 Å². The molecule has 212 valence electrons. The van der Waals surface area contributed by atoms with E-state index in [0.717, 1.165) is 30.3 Å². The van der Waals surface area contributed by atoms with Crippen LogP contribution in [0.3, 0.4) is 0 Å². The summed E-state index contributed by atoms with van der Waals surface area (Å²) in [5, 5.41) is 0. The molecular weight excluding hydrogens is 557 g/mol. The number of halogens is 3. The third-order valence-corrected chi connectivity index (χ3v) is 7.21. The van der Waals surface area contributed by atoms with Crippen LogP contribution in [0.1, 0.15) is 35.7 Å². The third kappa shape index (κ3) is 5.31. The van der Waals surface area contributed by atoms with Crippen molar-refractivity contribution < 1.29 is 22.6 Å². The van der Waals surface area contributed by atoms with Gasteiger partial charge >= 0.3 is 6.18 Å². The molecule has 0 saturated heterocycles. The number of hydrogen-bond acceptors (Lipinski definition) is 9. The highest BCUT2D eigenvalue weighted by molar-refractivity contribution is 7.97. The number of alkyl halides is 3. The Hall–Kier alpha value is -4.20. The second-order valence-corrected chi connectivity index (χ2v) is 10.5. The predicted molar refractivity (Wildman–Crippen MR) is 146 cm³/mol. The van der Waals surface area contributed by atoms with Gasteiger partial charge in [-0.15, -0.1) is 11.8 Å². The first kappa shape index (κ1) is 27.0. The van der Waals surface area contributed by atoms with Crippen molar-refractivity contribution in [2.24, 2.45) is 7.05 Å². The number of aryl methyl sites for hydroxylation is 1. The number of thioether (sulfide) groups is 1. The molecule has 0 atom stereocenters. The van der Waals surface area contributed by atoms with Gasteiger partial charge in [-0.05, 0) is 24.7 Å². The summed E-state index contributed by atoms with van der Waals surface area (Å²) in [4.78, 5) is 26.7.